The molecule has 0 radical (unpaired) electrons. The van der Waals surface area contributed by atoms with Gasteiger partial charge in [-0.2, -0.15) is 0 Å². The lowest BCUT2D eigenvalue weighted by Gasteiger charge is -2.29. The first-order chi connectivity index (χ1) is 8.02. The SMILES string of the molecule is CCOP(=O)(CN1CCNC(=O)C1=O)OCC. The summed E-state index contributed by atoms with van der Waals surface area (Å²) in [6.45, 7) is 4.50. The summed E-state index contributed by atoms with van der Waals surface area (Å²) in [7, 11) is -3.33. The van der Waals surface area contributed by atoms with E-state index in [1.807, 2.05) is 0 Å². The van der Waals surface area contributed by atoms with Crippen LogP contribution in [0.15, 0.2) is 0 Å². The van der Waals surface area contributed by atoms with Crippen molar-refractivity contribution < 1.29 is 23.2 Å². The summed E-state index contributed by atoms with van der Waals surface area (Å²) in [6, 6.07) is 0. The first-order valence-corrected chi connectivity index (χ1v) is 7.20. The summed E-state index contributed by atoms with van der Waals surface area (Å²) in [4.78, 5) is 23.8. The van der Waals surface area contributed by atoms with E-state index in [0.717, 1.165) is 0 Å². The van der Waals surface area contributed by atoms with Crippen molar-refractivity contribution in [2.24, 2.45) is 0 Å². The van der Waals surface area contributed by atoms with Crippen molar-refractivity contribution in [1.82, 2.24) is 10.2 Å². The predicted octanol–water partition coefficient (Wildman–Crippen LogP) is 0.168. The van der Waals surface area contributed by atoms with Crippen molar-refractivity contribution >= 4 is 19.4 Å². The summed E-state index contributed by atoms with van der Waals surface area (Å²) >= 11 is 0. The maximum Gasteiger partial charge on any atom is 0.349 e. The molecule has 2 amide bonds. The van der Waals surface area contributed by atoms with Gasteiger partial charge in [0.2, 0.25) is 0 Å². The lowest BCUT2D eigenvalue weighted by molar-refractivity contribution is -0.147. The van der Waals surface area contributed by atoms with Crippen molar-refractivity contribution in [3.8, 4) is 0 Å². The molecule has 8 heteroatoms. The standard InChI is InChI=1S/C9H17N2O5P/c1-3-15-17(14,16-4-2)7-11-6-5-10-8(12)9(11)13/h3-7H2,1-2H3,(H,10,12). The first-order valence-electron chi connectivity index (χ1n) is 5.47. The molecule has 0 saturated carbocycles. The lowest BCUT2D eigenvalue weighted by Crippen LogP contribution is -2.52. The Morgan fingerprint density at radius 1 is 1.29 bits per heavy atom. The molecule has 1 N–H and O–H groups in total. The summed E-state index contributed by atoms with van der Waals surface area (Å²) in [5.74, 6) is -1.38. The minimum atomic E-state index is -3.33. The second-order valence-corrected chi connectivity index (χ2v) is 5.43. The van der Waals surface area contributed by atoms with Gasteiger partial charge in [-0.25, -0.2) is 0 Å². The Bertz CT molecular complexity index is 336. The number of hydrogen-bond acceptors (Lipinski definition) is 5. The van der Waals surface area contributed by atoms with Crippen LogP contribution in [0.5, 0.6) is 0 Å². The van der Waals surface area contributed by atoms with Crippen LogP contribution in [0.25, 0.3) is 0 Å². The van der Waals surface area contributed by atoms with Crippen LogP contribution >= 0.6 is 7.60 Å². The summed E-state index contributed by atoms with van der Waals surface area (Å²) in [5.41, 5.74) is 0. The molecule has 0 atom stereocenters. The zero-order valence-electron chi connectivity index (χ0n) is 9.97. The zero-order chi connectivity index (χ0) is 12.9. The Hall–Kier alpha value is -0.910. The Morgan fingerprint density at radius 3 is 2.41 bits per heavy atom. The molecule has 98 valence electrons. The Kier molecular flexibility index (Phi) is 5.11. The average Bonchev–Trinajstić information content (AvgIpc) is 2.25. The molecule has 1 heterocycles. The van der Waals surface area contributed by atoms with E-state index in [0.29, 0.717) is 13.1 Å². The van der Waals surface area contributed by atoms with E-state index in [4.69, 9.17) is 9.05 Å². The van der Waals surface area contributed by atoms with Gasteiger partial charge in [0, 0.05) is 13.1 Å². The fourth-order valence-corrected chi connectivity index (χ4v) is 3.19. The molecule has 0 bridgehead atoms. The molecular formula is C9H17N2O5P. The van der Waals surface area contributed by atoms with E-state index < -0.39 is 19.4 Å². The second-order valence-electron chi connectivity index (χ2n) is 3.41. The molecule has 1 rings (SSSR count). The van der Waals surface area contributed by atoms with E-state index in [1.165, 1.54) is 4.90 Å². The van der Waals surface area contributed by atoms with Gasteiger partial charge in [0.15, 0.2) is 0 Å². The van der Waals surface area contributed by atoms with Gasteiger partial charge in [-0.1, -0.05) is 0 Å². The quantitative estimate of drug-likeness (QED) is 0.546. The van der Waals surface area contributed by atoms with Crippen LogP contribution in [0.3, 0.4) is 0 Å². The number of hydrogen-bond donors (Lipinski definition) is 1. The first kappa shape index (κ1) is 14.2. The van der Waals surface area contributed by atoms with Crippen molar-refractivity contribution in [2.75, 3.05) is 32.6 Å². The Balaban J connectivity index is 2.69. The number of nitrogens with zero attached hydrogens (tertiary/aromatic N) is 1. The van der Waals surface area contributed by atoms with Gasteiger partial charge in [0.05, 0.1) is 13.2 Å². The highest BCUT2D eigenvalue weighted by molar-refractivity contribution is 7.53. The third-order valence-electron chi connectivity index (χ3n) is 2.14. The lowest BCUT2D eigenvalue weighted by atomic mass is 10.4. The van der Waals surface area contributed by atoms with Crippen molar-refractivity contribution in [3.05, 3.63) is 0 Å². The second kappa shape index (κ2) is 6.14. The van der Waals surface area contributed by atoms with Crippen molar-refractivity contribution in [3.63, 3.8) is 0 Å². The van der Waals surface area contributed by atoms with E-state index in [9.17, 15) is 14.2 Å². The fourth-order valence-electron chi connectivity index (χ4n) is 1.48. The normalized spacial score (nSPS) is 17.2. The predicted molar refractivity (Wildman–Crippen MR) is 60.4 cm³/mol. The molecule has 17 heavy (non-hydrogen) atoms. The van der Waals surface area contributed by atoms with Gasteiger partial charge >= 0.3 is 19.4 Å². The third-order valence-corrected chi connectivity index (χ3v) is 4.14. The molecule has 0 aromatic heterocycles. The van der Waals surface area contributed by atoms with E-state index in [1.54, 1.807) is 13.8 Å². The van der Waals surface area contributed by atoms with Gasteiger partial charge in [-0.3, -0.25) is 14.2 Å². The van der Waals surface area contributed by atoms with Crippen molar-refractivity contribution in [2.45, 2.75) is 13.8 Å². The maximum absolute atomic E-state index is 12.2. The van der Waals surface area contributed by atoms with Crippen LogP contribution in [0.4, 0.5) is 0 Å². The molecule has 1 fully saturated rings. The van der Waals surface area contributed by atoms with Gasteiger partial charge in [0.1, 0.15) is 6.29 Å². The van der Waals surface area contributed by atoms with E-state index in [2.05, 4.69) is 5.32 Å². The smallest absolute Gasteiger partial charge is 0.346 e. The largest absolute Gasteiger partial charge is 0.349 e. The summed E-state index contributed by atoms with van der Waals surface area (Å²) < 4.78 is 22.3. The number of rotatable bonds is 6. The molecule has 0 aromatic rings. The highest BCUT2D eigenvalue weighted by Gasteiger charge is 2.34. The number of carbonyl (C=O) groups is 2. The highest BCUT2D eigenvalue weighted by atomic mass is 31.2. The number of piperazine rings is 1. The van der Waals surface area contributed by atoms with Gasteiger partial charge in [-0.15, -0.1) is 0 Å². The Labute approximate surface area is 100.0 Å². The molecule has 7 nitrogen and oxygen atoms in total. The summed E-state index contributed by atoms with van der Waals surface area (Å²) in [6.07, 6.45) is -0.180. The monoisotopic (exact) mass is 264 g/mol. The summed E-state index contributed by atoms with van der Waals surface area (Å²) in [5, 5.41) is 2.41. The van der Waals surface area contributed by atoms with Crippen LogP contribution < -0.4 is 5.32 Å². The maximum atomic E-state index is 12.2. The zero-order valence-corrected chi connectivity index (χ0v) is 10.9. The van der Waals surface area contributed by atoms with Crippen LogP contribution in [-0.2, 0) is 23.2 Å². The van der Waals surface area contributed by atoms with Gasteiger partial charge in [-0.05, 0) is 13.8 Å². The van der Waals surface area contributed by atoms with E-state index >= 15 is 0 Å². The Morgan fingerprint density at radius 2 is 1.88 bits per heavy atom. The molecule has 1 saturated heterocycles. The third kappa shape index (κ3) is 3.80. The molecule has 0 spiro atoms. The van der Waals surface area contributed by atoms with Crippen LogP contribution in [-0.4, -0.2) is 49.3 Å². The minimum Gasteiger partial charge on any atom is -0.346 e. The molecular weight excluding hydrogens is 247 g/mol. The van der Waals surface area contributed by atoms with Crippen molar-refractivity contribution in [1.29, 1.82) is 0 Å². The van der Waals surface area contributed by atoms with Gasteiger partial charge in [0.25, 0.3) is 0 Å². The topological polar surface area (TPSA) is 84.9 Å². The van der Waals surface area contributed by atoms with Crippen LogP contribution in [0.1, 0.15) is 13.8 Å². The van der Waals surface area contributed by atoms with E-state index in [-0.39, 0.29) is 19.5 Å². The van der Waals surface area contributed by atoms with Crippen LogP contribution in [0.2, 0.25) is 0 Å². The fraction of sp³-hybridized carbons (Fsp3) is 0.778. The molecule has 1 aliphatic rings. The molecule has 1 aliphatic heterocycles. The molecule has 0 aromatic carbocycles. The minimum absolute atomic E-state index is 0.180. The van der Waals surface area contributed by atoms with Crippen LogP contribution in [0, 0.1) is 0 Å². The number of amides is 2. The molecule has 0 unspecified atom stereocenters. The number of carbonyl (C=O) groups excluding carboxylic acids is 2. The number of nitrogens with one attached hydrogen (secondary N) is 1. The highest BCUT2D eigenvalue weighted by Crippen LogP contribution is 2.48. The molecule has 0 aliphatic carbocycles. The van der Waals surface area contributed by atoms with Gasteiger partial charge < -0.3 is 19.3 Å². The average molecular weight is 264 g/mol.